The second-order valence-electron chi connectivity index (χ2n) is 9.20. The number of nitrogens with one attached hydrogen (secondary N) is 4. The summed E-state index contributed by atoms with van der Waals surface area (Å²) in [4.78, 5) is 17.8. The van der Waals surface area contributed by atoms with Crippen molar-refractivity contribution in [1.82, 2.24) is 4.98 Å². The number of pyridine rings is 1. The average molecular weight is 498 g/mol. The zero-order valence-corrected chi connectivity index (χ0v) is 20.8. The Hall–Kier alpha value is -3.16. The molecule has 0 fully saturated rings. The van der Waals surface area contributed by atoms with Crippen LogP contribution in [0.15, 0.2) is 36.4 Å². The van der Waals surface area contributed by atoms with E-state index in [1.807, 2.05) is 45.9 Å². The van der Waals surface area contributed by atoms with Crippen molar-refractivity contribution in [2.24, 2.45) is 0 Å². The fourth-order valence-electron chi connectivity index (χ4n) is 4.39. The van der Waals surface area contributed by atoms with Crippen LogP contribution in [0.2, 0.25) is 10.0 Å². The molecule has 1 unspecified atom stereocenters. The number of carbonyl (C=O) groups excluding carboxylic acids is 1. The number of carbonyl (C=O) groups is 1. The molecule has 2 aromatic carbocycles. The van der Waals surface area contributed by atoms with E-state index in [9.17, 15) is 4.79 Å². The summed E-state index contributed by atoms with van der Waals surface area (Å²) in [5.41, 5.74) is 5.61. The predicted octanol–water partition coefficient (Wildman–Crippen LogP) is 6.20. The van der Waals surface area contributed by atoms with Crippen LogP contribution < -0.4 is 26.0 Å². The summed E-state index contributed by atoms with van der Waals surface area (Å²) < 4.78 is 6.24. The van der Waals surface area contributed by atoms with Gasteiger partial charge in [0, 0.05) is 17.7 Å². The lowest BCUT2D eigenvalue weighted by Crippen LogP contribution is -2.31. The standard InChI is InChI=1S/C25H25Cl2N5O2/c1-12-8-9-18(13(2)28-12)29-23(33)14-10-19-20(15-11-25(3,4)34-22(14)15)31-24(30-19)32-21-16(26)6-5-7-17(21)27/h5-10,24,30-32H,11H2,1-4H3,(H,29,33). The van der Waals surface area contributed by atoms with Gasteiger partial charge in [-0.05, 0) is 58.0 Å². The molecule has 4 N–H and O–H groups in total. The Bertz CT molecular complexity index is 1300. The molecular formula is C25H25Cl2N5O2. The van der Waals surface area contributed by atoms with Crippen LogP contribution in [-0.2, 0) is 6.42 Å². The molecule has 5 rings (SSSR count). The van der Waals surface area contributed by atoms with E-state index in [0.29, 0.717) is 39.2 Å². The minimum atomic E-state index is -0.437. The van der Waals surface area contributed by atoms with Crippen molar-refractivity contribution >= 4 is 51.9 Å². The van der Waals surface area contributed by atoms with Crippen LogP contribution in [0.3, 0.4) is 0 Å². The number of aryl methyl sites for hydroxylation is 2. The molecule has 9 heteroatoms. The quantitative estimate of drug-likeness (QED) is 0.343. The van der Waals surface area contributed by atoms with E-state index >= 15 is 0 Å². The molecular weight excluding hydrogens is 473 g/mol. The van der Waals surface area contributed by atoms with E-state index in [2.05, 4.69) is 26.3 Å². The average Bonchev–Trinajstić information content (AvgIpc) is 3.31. The van der Waals surface area contributed by atoms with Gasteiger partial charge in [0.15, 0.2) is 6.29 Å². The second-order valence-corrected chi connectivity index (χ2v) is 10.0. The van der Waals surface area contributed by atoms with E-state index in [0.717, 1.165) is 28.3 Å². The molecule has 1 amide bonds. The van der Waals surface area contributed by atoms with Crippen LogP contribution in [0.5, 0.6) is 5.75 Å². The maximum atomic E-state index is 13.4. The molecule has 3 heterocycles. The number of para-hydroxylation sites is 1. The van der Waals surface area contributed by atoms with Gasteiger partial charge in [0.2, 0.25) is 0 Å². The summed E-state index contributed by atoms with van der Waals surface area (Å²) in [6.07, 6.45) is 0.285. The topological polar surface area (TPSA) is 87.3 Å². The summed E-state index contributed by atoms with van der Waals surface area (Å²) in [5, 5.41) is 14.2. The monoisotopic (exact) mass is 497 g/mol. The fraction of sp³-hybridized carbons (Fsp3) is 0.280. The van der Waals surface area contributed by atoms with Gasteiger partial charge in [0.1, 0.15) is 11.4 Å². The van der Waals surface area contributed by atoms with Crippen LogP contribution in [0.1, 0.15) is 41.2 Å². The smallest absolute Gasteiger partial charge is 0.259 e. The summed E-state index contributed by atoms with van der Waals surface area (Å²) in [6, 6.07) is 10.9. The summed E-state index contributed by atoms with van der Waals surface area (Å²) in [6.45, 7) is 7.81. The Morgan fingerprint density at radius 2 is 1.88 bits per heavy atom. The maximum absolute atomic E-state index is 13.4. The number of hydrogen-bond donors (Lipinski definition) is 4. The normalized spacial score (nSPS) is 17.2. The number of aromatic nitrogens is 1. The Kier molecular flexibility index (Phi) is 5.49. The van der Waals surface area contributed by atoms with E-state index < -0.39 is 5.60 Å². The number of benzene rings is 2. The summed E-state index contributed by atoms with van der Waals surface area (Å²) >= 11 is 12.7. The van der Waals surface area contributed by atoms with Gasteiger partial charge in [-0.3, -0.25) is 9.78 Å². The van der Waals surface area contributed by atoms with Crippen LogP contribution in [-0.4, -0.2) is 22.8 Å². The number of amides is 1. The molecule has 3 aromatic rings. The van der Waals surface area contributed by atoms with Crippen molar-refractivity contribution in [1.29, 1.82) is 0 Å². The Morgan fingerprint density at radius 1 is 1.15 bits per heavy atom. The van der Waals surface area contributed by atoms with Crippen molar-refractivity contribution in [2.75, 3.05) is 21.3 Å². The van der Waals surface area contributed by atoms with Gasteiger partial charge in [-0.1, -0.05) is 29.3 Å². The van der Waals surface area contributed by atoms with Gasteiger partial charge in [-0.25, -0.2) is 0 Å². The van der Waals surface area contributed by atoms with Crippen molar-refractivity contribution in [2.45, 2.75) is 46.0 Å². The van der Waals surface area contributed by atoms with Gasteiger partial charge in [-0.2, -0.15) is 0 Å². The van der Waals surface area contributed by atoms with E-state index in [1.54, 1.807) is 18.2 Å². The lowest BCUT2D eigenvalue weighted by molar-refractivity contribution is 0.101. The van der Waals surface area contributed by atoms with Crippen molar-refractivity contribution in [3.05, 3.63) is 69.0 Å². The van der Waals surface area contributed by atoms with Gasteiger partial charge in [0.05, 0.1) is 44.1 Å². The molecule has 2 aliphatic heterocycles. The minimum absolute atomic E-state index is 0.252. The first-order chi connectivity index (χ1) is 16.1. The minimum Gasteiger partial charge on any atom is -0.486 e. The number of ether oxygens (including phenoxy) is 1. The zero-order valence-electron chi connectivity index (χ0n) is 19.3. The third kappa shape index (κ3) is 4.10. The van der Waals surface area contributed by atoms with Crippen LogP contribution in [0, 0.1) is 13.8 Å². The molecule has 0 spiro atoms. The van der Waals surface area contributed by atoms with E-state index in [-0.39, 0.29) is 12.2 Å². The number of nitrogens with zero attached hydrogens (tertiary/aromatic N) is 1. The molecule has 0 aliphatic carbocycles. The van der Waals surface area contributed by atoms with E-state index in [4.69, 9.17) is 27.9 Å². The van der Waals surface area contributed by atoms with E-state index in [1.165, 1.54) is 0 Å². The SMILES string of the molecule is Cc1ccc(NC(=O)c2cc3c(c4c2OC(C)(C)C4)NC(Nc2c(Cl)cccc2Cl)N3)c(C)n1. The second kappa shape index (κ2) is 8.25. The third-order valence-electron chi connectivity index (χ3n) is 5.92. The number of halogens is 2. The Labute approximate surface area is 208 Å². The summed E-state index contributed by atoms with van der Waals surface area (Å²) in [7, 11) is 0. The molecule has 1 atom stereocenters. The highest BCUT2D eigenvalue weighted by molar-refractivity contribution is 6.39. The molecule has 34 heavy (non-hydrogen) atoms. The van der Waals surface area contributed by atoms with Crippen LogP contribution in [0.4, 0.5) is 22.7 Å². The lowest BCUT2D eigenvalue weighted by atomic mass is 9.97. The molecule has 0 bridgehead atoms. The van der Waals surface area contributed by atoms with Gasteiger partial charge >= 0.3 is 0 Å². The molecule has 0 saturated heterocycles. The summed E-state index contributed by atoms with van der Waals surface area (Å²) in [5.74, 6) is 0.336. The number of hydrogen-bond acceptors (Lipinski definition) is 6. The molecule has 1 aromatic heterocycles. The lowest BCUT2D eigenvalue weighted by Gasteiger charge is -2.19. The van der Waals surface area contributed by atoms with Crippen LogP contribution in [0.25, 0.3) is 0 Å². The maximum Gasteiger partial charge on any atom is 0.259 e. The Morgan fingerprint density at radius 3 is 2.59 bits per heavy atom. The van der Waals surface area contributed by atoms with Crippen molar-refractivity contribution in [3.63, 3.8) is 0 Å². The highest BCUT2D eigenvalue weighted by Gasteiger charge is 2.39. The highest BCUT2D eigenvalue weighted by Crippen LogP contribution is 2.48. The fourth-order valence-corrected chi connectivity index (χ4v) is 4.89. The third-order valence-corrected chi connectivity index (χ3v) is 6.55. The van der Waals surface area contributed by atoms with Crippen LogP contribution >= 0.6 is 23.2 Å². The molecule has 176 valence electrons. The number of fused-ring (bicyclic) bond motifs is 3. The predicted molar refractivity (Wildman–Crippen MR) is 138 cm³/mol. The van der Waals surface area contributed by atoms with Gasteiger partial charge in [0.25, 0.3) is 5.91 Å². The van der Waals surface area contributed by atoms with Crippen molar-refractivity contribution < 1.29 is 9.53 Å². The number of anilines is 4. The Balaban J connectivity index is 1.48. The molecule has 2 aliphatic rings. The molecule has 0 saturated carbocycles. The highest BCUT2D eigenvalue weighted by atomic mass is 35.5. The zero-order chi connectivity index (χ0) is 24.2. The first-order valence-electron chi connectivity index (χ1n) is 11.0. The number of rotatable bonds is 4. The first kappa shape index (κ1) is 22.6. The van der Waals surface area contributed by atoms with Gasteiger partial charge < -0.3 is 26.0 Å². The first-order valence-corrected chi connectivity index (χ1v) is 11.7. The van der Waals surface area contributed by atoms with Crippen molar-refractivity contribution in [3.8, 4) is 5.75 Å². The van der Waals surface area contributed by atoms with Gasteiger partial charge in [-0.15, -0.1) is 0 Å². The largest absolute Gasteiger partial charge is 0.486 e. The molecule has 0 radical (unpaired) electrons. The molecule has 7 nitrogen and oxygen atoms in total.